The number of methoxy groups -OCH3 is 1. The van der Waals surface area contributed by atoms with Crippen LogP contribution in [0.5, 0.6) is 5.75 Å². The number of tetrazole rings is 1. The van der Waals surface area contributed by atoms with Crippen molar-refractivity contribution in [2.45, 2.75) is 19.9 Å². The van der Waals surface area contributed by atoms with E-state index in [0.717, 1.165) is 28.8 Å². The van der Waals surface area contributed by atoms with E-state index >= 15 is 0 Å². The molecule has 8 nitrogen and oxygen atoms in total. The number of aromatic amines is 1. The van der Waals surface area contributed by atoms with Crippen LogP contribution in [0.15, 0.2) is 42.5 Å². The highest BCUT2D eigenvalue weighted by Crippen LogP contribution is 2.31. The number of hydrogen-bond acceptors (Lipinski definition) is 5. The molecule has 0 unspecified atom stereocenters. The van der Waals surface area contributed by atoms with Crippen LogP contribution in [0.2, 0.25) is 0 Å². The van der Waals surface area contributed by atoms with Gasteiger partial charge in [0.25, 0.3) is 5.91 Å². The number of benzene rings is 2. The first-order chi connectivity index (χ1) is 14.1. The predicted molar refractivity (Wildman–Crippen MR) is 107 cm³/mol. The summed E-state index contributed by atoms with van der Waals surface area (Å²) in [7, 11) is 1.66. The fourth-order valence-corrected chi connectivity index (χ4v) is 3.89. The highest BCUT2D eigenvalue weighted by atomic mass is 16.5. The van der Waals surface area contributed by atoms with Gasteiger partial charge in [-0.1, -0.05) is 0 Å². The van der Waals surface area contributed by atoms with Crippen molar-refractivity contribution in [2.75, 3.05) is 13.7 Å². The van der Waals surface area contributed by atoms with Crippen LogP contribution < -0.4 is 4.74 Å². The molecule has 3 heterocycles. The molecule has 0 fully saturated rings. The van der Waals surface area contributed by atoms with Crippen molar-refractivity contribution < 1.29 is 9.53 Å². The Labute approximate surface area is 167 Å². The van der Waals surface area contributed by atoms with Crippen molar-refractivity contribution in [3.63, 3.8) is 0 Å². The molecule has 0 bridgehead atoms. The van der Waals surface area contributed by atoms with E-state index in [1.807, 2.05) is 54.3 Å². The molecule has 2 aromatic carbocycles. The van der Waals surface area contributed by atoms with Crippen LogP contribution in [0, 0.1) is 6.92 Å². The van der Waals surface area contributed by atoms with E-state index in [4.69, 9.17) is 4.74 Å². The number of nitrogens with zero attached hydrogens (tertiary/aromatic N) is 5. The molecule has 1 aliphatic heterocycles. The molecule has 29 heavy (non-hydrogen) atoms. The van der Waals surface area contributed by atoms with Crippen LogP contribution in [0.25, 0.3) is 16.6 Å². The molecule has 0 atom stereocenters. The summed E-state index contributed by atoms with van der Waals surface area (Å²) in [5, 5.41) is 12.6. The third kappa shape index (κ3) is 2.93. The molecular formula is C21H20N6O2. The zero-order valence-electron chi connectivity index (χ0n) is 16.2. The van der Waals surface area contributed by atoms with Crippen molar-refractivity contribution >= 4 is 16.8 Å². The number of aryl methyl sites for hydroxylation is 1. The standard InChI is InChI=1S/C21H20N6O2/c1-13-23-24-25-27(13)15-5-3-14(4-6-15)21(28)26-10-9-20-18(12-26)17-11-16(29-2)7-8-19(17)22-20/h3-8,11,22H,9-10,12H2,1-2H3. The monoisotopic (exact) mass is 388 g/mol. The molecule has 1 amide bonds. The molecule has 5 rings (SSSR count). The third-order valence-electron chi connectivity index (χ3n) is 5.45. The summed E-state index contributed by atoms with van der Waals surface area (Å²) in [4.78, 5) is 18.5. The Hall–Kier alpha value is -3.68. The minimum Gasteiger partial charge on any atom is -0.497 e. The second-order valence-electron chi connectivity index (χ2n) is 7.16. The lowest BCUT2D eigenvalue weighted by molar-refractivity contribution is 0.0735. The molecule has 8 heteroatoms. The maximum absolute atomic E-state index is 13.1. The fraction of sp³-hybridized carbons (Fsp3) is 0.238. The second-order valence-corrected chi connectivity index (χ2v) is 7.16. The number of carbonyl (C=O) groups is 1. The van der Waals surface area contributed by atoms with Crippen LogP contribution in [0.3, 0.4) is 0 Å². The van der Waals surface area contributed by atoms with Crippen LogP contribution in [-0.4, -0.2) is 49.7 Å². The van der Waals surface area contributed by atoms with E-state index in [-0.39, 0.29) is 5.91 Å². The Balaban J connectivity index is 1.41. The minimum atomic E-state index is 0.0212. The van der Waals surface area contributed by atoms with Gasteiger partial charge in [-0.05, 0) is 59.8 Å². The minimum absolute atomic E-state index is 0.0212. The number of amides is 1. The SMILES string of the molecule is COc1ccc2[nH]c3c(c2c1)CN(C(=O)c1ccc(-n2nnnc2C)cc1)CC3. The average Bonchev–Trinajstić information content (AvgIpc) is 3.35. The summed E-state index contributed by atoms with van der Waals surface area (Å²) in [5.41, 5.74) is 4.92. The topological polar surface area (TPSA) is 88.9 Å². The van der Waals surface area contributed by atoms with Crippen LogP contribution in [0.1, 0.15) is 27.4 Å². The van der Waals surface area contributed by atoms with Gasteiger partial charge in [0.05, 0.1) is 12.8 Å². The quantitative estimate of drug-likeness (QED) is 0.583. The molecule has 0 saturated heterocycles. The Morgan fingerprint density at radius 2 is 2.00 bits per heavy atom. The summed E-state index contributed by atoms with van der Waals surface area (Å²) in [6.07, 6.45) is 0.806. The van der Waals surface area contributed by atoms with Crippen LogP contribution >= 0.6 is 0 Å². The van der Waals surface area contributed by atoms with Gasteiger partial charge in [0.1, 0.15) is 5.75 Å². The van der Waals surface area contributed by atoms with E-state index in [2.05, 4.69) is 20.5 Å². The number of aromatic nitrogens is 5. The fourth-order valence-electron chi connectivity index (χ4n) is 3.89. The summed E-state index contributed by atoms with van der Waals surface area (Å²) in [6, 6.07) is 13.4. The number of carbonyl (C=O) groups excluding carboxylic acids is 1. The second kappa shape index (κ2) is 6.73. The maximum Gasteiger partial charge on any atom is 0.254 e. The van der Waals surface area contributed by atoms with E-state index < -0.39 is 0 Å². The smallest absolute Gasteiger partial charge is 0.254 e. The van der Waals surface area contributed by atoms with Crippen molar-refractivity contribution in [3.05, 3.63) is 65.1 Å². The lowest BCUT2D eigenvalue weighted by Crippen LogP contribution is -2.35. The molecule has 2 aromatic heterocycles. The van der Waals surface area contributed by atoms with Gasteiger partial charge < -0.3 is 14.6 Å². The summed E-state index contributed by atoms with van der Waals surface area (Å²) < 4.78 is 7.01. The van der Waals surface area contributed by atoms with E-state index in [0.29, 0.717) is 24.5 Å². The van der Waals surface area contributed by atoms with Gasteiger partial charge >= 0.3 is 0 Å². The van der Waals surface area contributed by atoms with Gasteiger partial charge in [-0.2, -0.15) is 4.68 Å². The molecule has 0 saturated carbocycles. The molecule has 0 aliphatic carbocycles. The Morgan fingerprint density at radius 3 is 2.72 bits per heavy atom. The number of nitrogens with one attached hydrogen (secondary N) is 1. The van der Waals surface area contributed by atoms with E-state index in [9.17, 15) is 4.79 Å². The van der Waals surface area contributed by atoms with Gasteiger partial charge in [-0.3, -0.25) is 4.79 Å². The Kier molecular flexibility index (Phi) is 4.04. The zero-order chi connectivity index (χ0) is 20.0. The lowest BCUT2D eigenvalue weighted by Gasteiger charge is -2.27. The lowest BCUT2D eigenvalue weighted by atomic mass is 10.0. The van der Waals surface area contributed by atoms with Gasteiger partial charge in [0, 0.05) is 47.2 Å². The van der Waals surface area contributed by atoms with Crippen molar-refractivity contribution in [1.29, 1.82) is 0 Å². The number of hydrogen-bond donors (Lipinski definition) is 1. The van der Waals surface area contributed by atoms with Crippen molar-refractivity contribution in [3.8, 4) is 11.4 Å². The molecule has 146 valence electrons. The molecule has 1 aliphatic rings. The number of fused-ring (bicyclic) bond motifs is 3. The number of rotatable bonds is 3. The largest absolute Gasteiger partial charge is 0.497 e. The third-order valence-corrected chi connectivity index (χ3v) is 5.45. The molecule has 0 spiro atoms. The number of H-pyrrole nitrogens is 1. The summed E-state index contributed by atoms with van der Waals surface area (Å²) >= 11 is 0. The van der Waals surface area contributed by atoms with Crippen molar-refractivity contribution in [1.82, 2.24) is 30.1 Å². The van der Waals surface area contributed by atoms with E-state index in [1.54, 1.807) is 11.8 Å². The number of ether oxygens (including phenoxy) is 1. The summed E-state index contributed by atoms with van der Waals surface area (Å²) in [5.74, 6) is 1.53. The molecular weight excluding hydrogens is 368 g/mol. The average molecular weight is 388 g/mol. The highest BCUT2D eigenvalue weighted by Gasteiger charge is 2.25. The Bertz CT molecular complexity index is 1210. The molecule has 0 radical (unpaired) electrons. The Morgan fingerprint density at radius 1 is 1.17 bits per heavy atom. The van der Waals surface area contributed by atoms with Crippen molar-refractivity contribution in [2.24, 2.45) is 0 Å². The van der Waals surface area contributed by atoms with Gasteiger partial charge in [0.15, 0.2) is 5.82 Å². The predicted octanol–water partition coefficient (Wildman–Crippen LogP) is 2.66. The van der Waals surface area contributed by atoms with E-state index in [1.165, 1.54) is 11.3 Å². The first-order valence-electron chi connectivity index (χ1n) is 9.46. The summed E-state index contributed by atoms with van der Waals surface area (Å²) in [6.45, 7) is 3.10. The maximum atomic E-state index is 13.1. The molecule has 4 aromatic rings. The first-order valence-corrected chi connectivity index (χ1v) is 9.46. The first kappa shape index (κ1) is 17.4. The highest BCUT2D eigenvalue weighted by molar-refractivity contribution is 5.95. The van der Waals surface area contributed by atoms with Gasteiger partial charge in [0.2, 0.25) is 0 Å². The zero-order valence-corrected chi connectivity index (χ0v) is 16.2. The normalized spacial score (nSPS) is 13.5. The molecule has 1 N–H and O–H groups in total. The van der Waals surface area contributed by atoms with Crippen LogP contribution in [-0.2, 0) is 13.0 Å². The van der Waals surface area contributed by atoms with Crippen LogP contribution in [0.4, 0.5) is 0 Å². The van der Waals surface area contributed by atoms with Gasteiger partial charge in [-0.15, -0.1) is 5.10 Å². The van der Waals surface area contributed by atoms with Gasteiger partial charge in [-0.25, -0.2) is 0 Å².